The van der Waals surface area contributed by atoms with Gasteiger partial charge in [-0.2, -0.15) is 0 Å². The van der Waals surface area contributed by atoms with Crippen molar-refractivity contribution in [3.05, 3.63) is 60.7 Å². The van der Waals surface area contributed by atoms with Gasteiger partial charge >= 0.3 is 6.09 Å². The monoisotopic (exact) mass is 481 g/mol. The highest BCUT2D eigenvalue weighted by molar-refractivity contribution is 6.99. The maximum absolute atomic E-state index is 12.8. The summed E-state index contributed by atoms with van der Waals surface area (Å²) in [5, 5.41) is 2.34. The molecule has 1 fully saturated rings. The molecule has 0 unspecified atom stereocenters. The van der Waals surface area contributed by atoms with Crippen molar-refractivity contribution in [2.24, 2.45) is 0 Å². The van der Waals surface area contributed by atoms with Crippen LogP contribution in [0.1, 0.15) is 60.8 Å². The Bertz CT molecular complexity index is 910. The fourth-order valence-corrected chi connectivity index (χ4v) is 9.69. The number of hydrogen-bond donors (Lipinski definition) is 0. The van der Waals surface area contributed by atoms with Crippen molar-refractivity contribution in [3.8, 4) is 0 Å². The van der Waals surface area contributed by atoms with Crippen LogP contribution in [0.2, 0.25) is 5.04 Å². The number of rotatable bonds is 6. The Labute approximate surface area is 205 Å². The molecule has 1 amide bonds. The molecular weight excluding hydrogens is 442 g/mol. The summed E-state index contributed by atoms with van der Waals surface area (Å²) in [7, 11) is -2.70. The second-order valence-corrected chi connectivity index (χ2v) is 15.4. The van der Waals surface area contributed by atoms with E-state index in [1.165, 1.54) is 10.4 Å². The third-order valence-corrected chi connectivity index (χ3v) is 11.5. The van der Waals surface area contributed by atoms with E-state index in [4.69, 9.17) is 9.16 Å². The minimum atomic E-state index is -2.70. The van der Waals surface area contributed by atoms with Crippen LogP contribution in [-0.2, 0) is 14.0 Å². The summed E-state index contributed by atoms with van der Waals surface area (Å²) in [6.07, 6.45) is 2.08. The van der Waals surface area contributed by atoms with Crippen molar-refractivity contribution < 1.29 is 18.8 Å². The lowest BCUT2D eigenvalue weighted by molar-refractivity contribution is -0.109. The molecular formula is C28H39NO4Si. The van der Waals surface area contributed by atoms with E-state index in [0.29, 0.717) is 19.4 Å². The molecule has 3 rings (SSSR count). The Kier molecular flexibility index (Phi) is 8.04. The van der Waals surface area contributed by atoms with Gasteiger partial charge in [-0.1, -0.05) is 81.4 Å². The number of carbonyl (C=O) groups is 2. The second kappa shape index (κ2) is 10.4. The first-order chi connectivity index (χ1) is 16.0. The first kappa shape index (κ1) is 26.2. The van der Waals surface area contributed by atoms with Crippen molar-refractivity contribution in [3.63, 3.8) is 0 Å². The molecule has 0 aliphatic carbocycles. The van der Waals surface area contributed by atoms with Crippen molar-refractivity contribution >= 4 is 31.1 Å². The number of nitrogens with zero attached hydrogens (tertiary/aromatic N) is 1. The molecule has 2 aromatic carbocycles. The lowest BCUT2D eigenvalue weighted by Crippen LogP contribution is -2.68. The molecule has 0 aromatic heterocycles. The van der Waals surface area contributed by atoms with E-state index >= 15 is 0 Å². The van der Waals surface area contributed by atoms with Crippen LogP contribution in [0, 0.1) is 0 Å². The van der Waals surface area contributed by atoms with Crippen molar-refractivity contribution in [1.82, 2.24) is 4.90 Å². The number of carbonyl (C=O) groups excluding carboxylic acids is 2. The normalized spacial score (nSPS) is 19.5. The van der Waals surface area contributed by atoms with Crippen LogP contribution in [-0.4, -0.2) is 49.9 Å². The fraction of sp³-hybridized carbons (Fsp3) is 0.500. The molecule has 1 aliphatic rings. The van der Waals surface area contributed by atoms with Crippen LogP contribution in [0.4, 0.5) is 4.79 Å². The SMILES string of the molecule is CC(C)(C)OC(=O)N1CC[C@@H](O[Si](c2ccccc2)(c2ccccc2)C(C)(C)C)C[C@H]1CC=O. The molecule has 2 atom stereocenters. The van der Waals surface area contributed by atoms with E-state index in [0.717, 1.165) is 6.29 Å². The molecule has 1 saturated heterocycles. The molecule has 5 nitrogen and oxygen atoms in total. The summed E-state index contributed by atoms with van der Waals surface area (Å²) in [4.78, 5) is 26.1. The number of ether oxygens (including phenoxy) is 1. The standard InChI is InChI=1S/C28H39NO4Si/c1-27(2,3)32-26(31)29-19-17-23(21-22(29)18-20-30)33-34(28(4,5)6,24-13-9-7-10-14-24)25-15-11-8-12-16-25/h7-16,20,22-23H,17-19,21H2,1-6H3/t22-,23-/m1/s1. The number of likely N-dealkylation sites (tertiary alicyclic amines) is 1. The van der Waals surface area contributed by atoms with Crippen LogP contribution in [0.3, 0.4) is 0 Å². The molecule has 0 saturated carbocycles. The van der Waals surface area contributed by atoms with Crippen molar-refractivity contribution in [2.45, 2.75) is 83.6 Å². The smallest absolute Gasteiger partial charge is 0.410 e. The van der Waals surface area contributed by atoms with E-state index in [1.54, 1.807) is 4.90 Å². The predicted octanol–water partition coefficient (Wildman–Crippen LogP) is 4.92. The van der Waals surface area contributed by atoms with Gasteiger partial charge in [-0.3, -0.25) is 0 Å². The maximum atomic E-state index is 12.8. The molecule has 6 heteroatoms. The number of benzene rings is 2. The van der Waals surface area contributed by atoms with Crippen LogP contribution in [0.5, 0.6) is 0 Å². The summed E-state index contributed by atoms with van der Waals surface area (Å²) in [5.74, 6) is 0. The predicted molar refractivity (Wildman–Crippen MR) is 139 cm³/mol. The highest BCUT2D eigenvalue weighted by atomic mass is 28.4. The van der Waals surface area contributed by atoms with Gasteiger partial charge in [0.2, 0.25) is 0 Å². The fourth-order valence-electron chi connectivity index (χ4n) is 4.96. The molecule has 0 spiro atoms. The van der Waals surface area contributed by atoms with Crippen molar-refractivity contribution in [1.29, 1.82) is 0 Å². The molecule has 0 N–H and O–H groups in total. The van der Waals surface area contributed by atoms with Crippen molar-refractivity contribution in [2.75, 3.05) is 6.54 Å². The zero-order valence-electron chi connectivity index (χ0n) is 21.4. The molecule has 1 heterocycles. The average Bonchev–Trinajstić information content (AvgIpc) is 2.77. The second-order valence-electron chi connectivity index (χ2n) is 11.2. The van der Waals surface area contributed by atoms with Gasteiger partial charge < -0.3 is 18.9 Å². The first-order valence-electron chi connectivity index (χ1n) is 12.2. The summed E-state index contributed by atoms with van der Waals surface area (Å²) in [6.45, 7) is 12.9. The summed E-state index contributed by atoms with van der Waals surface area (Å²) in [5.41, 5.74) is -0.578. The topological polar surface area (TPSA) is 55.8 Å². The minimum absolute atomic E-state index is 0.0602. The largest absolute Gasteiger partial charge is 0.444 e. The summed E-state index contributed by atoms with van der Waals surface area (Å²) in [6, 6.07) is 20.9. The number of piperidine rings is 1. The van der Waals surface area contributed by atoms with Crippen LogP contribution < -0.4 is 10.4 Å². The van der Waals surface area contributed by atoms with Crippen LogP contribution in [0.15, 0.2) is 60.7 Å². The van der Waals surface area contributed by atoms with E-state index in [1.807, 2.05) is 32.9 Å². The van der Waals surface area contributed by atoms with Crippen LogP contribution in [0.25, 0.3) is 0 Å². The van der Waals surface area contributed by atoms with Gasteiger partial charge in [0.05, 0.1) is 0 Å². The van der Waals surface area contributed by atoms with Gasteiger partial charge in [-0.05, 0) is 49.0 Å². The van der Waals surface area contributed by atoms with Gasteiger partial charge in [-0.25, -0.2) is 4.79 Å². The van der Waals surface area contributed by atoms with Gasteiger partial charge in [0.15, 0.2) is 0 Å². The van der Waals surface area contributed by atoms with E-state index in [2.05, 4.69) is 69.3 Å². The Morgan fingerprint density at radius 1 is 0.971 bits per heavy atom. The summed E-state index contributed by atoms with van der Waals surface area (Å²) >= 11 is 0. The lowest BCUT2D eigenvalue weighted by Gasteiger charge is -2.48. The van der Waals surface area contributed by atoms with Gasteiger partial charge in [0.25, 0.3) is 8.32 Å². The van der Waals surface area contributed by atoms with E-state index in [9.17, 15) is 9.59 Å². The Balaban J connectivity index is 1.96. The van der Waals surface area contributed by atoms with Gasteiger partial charge in [0, 0.05) is 25.1 Å². The Morgan fingerprint density at radius 3 is 1.94 bits per heavy atom. The maximum Gasteiger partial charge on any atom is 0.410 e. The minimum Gasteiger partial charge on any atom is -0.444 e. The Morgan fingerprint density at radius 2 is 1.50 bits per heavy atom. The number of amides is 1. The number of hydrogen-bond acceptors (Lipinski definition) is 4. The number of aldehydes is 1. The highest BCUT2D eigenvalue weighted by Crippen LogP contribution is 2.39. The molecule has 0 bridgehead atoms. The third-order valence-electron chi connectivity index (χ3n) is 6.42. The first-order valence-corrected chi connectivity index (χ1v) is 14.1. The lowest BCUT2D eigenvalue weighted by atomic mass is 9.98. The highest BCUT2D eigenvalue weighted by Gasteiger charge is 2.52. The zero-order valence-corrected chi connectivity index (χ0v) is 22.4. The third kappa shape index (κ3) is 5.78. The molecule has 184 valence electrons. The molecule has 0 radical (unpaired) electrons. The van der Waals surface area contributed by atoms with E-state index < -0.39 is 13.9 Å². The summed E-state index contributed by atoms with van der Waals surface area (Å²) < 4.78 is 12.9. The van der Waals surface area contributed by atoms with E-state index in [-0.39, 0.29) is 29.7 Å². The van der Waals surface area contributed by atoms with Gasteiger partial charge in [-0.15, -0.1) is 0 Å². The van der Waals surface area contributed by atoms with Crippen LogP contribution >= 0.6 is 0 Å². The zero-order chi connectivity index (χ0) is 25.0. The quantitative estimate of drug-likeness (QED) is 0.434. The van der Waals surface area contributed by atoms with Gasteiger partial charge in [0.1, 0.15) is 11.9 Å². The molecule has 34 heavy (non-hydrogen) atoms. The average molecular weight is 482 g/mol. The molecule has 1 aliphatic heterocycles. The Hall–Kier alpha value is -2.44. The molecule has 2 aromatic rings.